The number of hydrogen-bond donors (Lipinski definition) is 0. The fourth-order valence-corrected chi connectivity index (χ4v) is 7.63. The highest BCUT2D eigenvalue weighted by Gasteiger charge is 2.37. The van der Waals surface area contributed by atoms with Crippen molar-refractivity contribution in [2.24, 2.45) is 5.92 Å². The van der Waals surface area contributed by atoms with Crippen LogP contribution in [-0.4, -0.2) is 91.8 Å². The molecule has 49 heavy (non-hydrogen) atoms. The summed E-state index contributed by atoms with van der Waals surface area (Å²) in [5, 5.41) is 0. The molecule has 0 unspecified atom stereocenters. The minimum absolute atomic E-state index is 0.0589. The Labute approximate surface area is 288 Å². The second-order valence-electron chi connectivity index (χ2n) is 13.8. The number of fused-ring (bicyclic) bond motifs is 1. The highest BCUT2D eigenvalue weighted by atomic mass is 16.5. The van der Waals surface area contributed by atoms with Crippen molar-refractivity contribution >= 4 is 23.5 Å². The zero-order valence-electron chi connectivity index (χ0n) is 28.9. The van der Waals surface area contributed by atoms with Crippen LogP contribution in [0.2, 0.25) is 0 Å². The molecular formula is C38H46N6O5. The van der Waals surface area contributed by atoms with E-state index < -0.39 is 6.04 Å². The van der Waals surface area contributed by atoms with Crippen LogP contribution in [0.3, 0.4) is 0 Å². The number of hydrogen-bond acceptors (Lipinski definition) is 9. The number of anilines is 2. The predicted molar refractivity (Wildman–Crippen MR) is 187 cm³/mol. The molecule has 7 rings (SSSR count). The van der Waals surface area contributed by atoms with E-state index in [1.54, 1.807) is 24.4 Å². The van der Waals surface area contributed by atoms with Crippen molar-refractivity contribution in [3.05, 3.63) is 82.9 Å². The number of aromatic nitrogens is 2. The van der Waals surface area contributed by atoms with Crippen LogP contribution in [-0.2, 0) is 20.7 Å². The molecule has 0 radical (unpaired) electrons. The first-order valence-corrected chi connectivity index (χ1v) is 17.3. The van der Waals surface area contributed by atoms with Gasteiger partial charge in [-0.25, -0.2) is 9.97 Å². The Morgan fingerprint density at radius 3 is 2.45 bits per heavy atom. The average molecular weight is 667 g/mol. The highest BCUT2D eigenvalue weighted by Crippen LogP contribution is 2.43. The Morgan fingerprint density at radius 2 is 1.80 bits per heavy atom. The lowest BCUT2D eigenvalue weighted by molar-refractivity contribution is -0.125. The molecule has 1 saturated heterocycles. The van der Waals surface area contributed by atoms with Crippen LogP contribution in [0, 0.1) is 12.8 Å². The Morgan fingerprint density at radius 1 is 1.00 bits per heavy atom. The van der Waals surface area contributed by atoms with Gasteiger partial charge in [0.1, 0.15) is 18.2 Å². The zero-order chi connectivity index (χ0) is 34.1. The summed E-state index contributed by atoms with van der Waals surface area (Å²) in [6, 6.07) is 12.2. The van der Waals surface area contributed by atoms with Gasteiger partial charge >= 0.3 is 0 Å². The van der Waals surface area contributed by atoms with Gasteiger partial charge in [-0.05, 0) is 73.4 Å². The Hall–Kier alpha value is -4.64. The molecule has 11 heteroatoms. The molecule has 2 amide bonds. The number of carbonyl (C=O) groups excluding carboxylic acids is 2. The summed E-state index contributed by atoms with van der Waals surface area (Å²) in [4.78, 5) is 43.7. The van der Waals surface area contributed by atoms with Crippen LogP contribution < -0.4 is 19.3 Å². The first-order valence-electron chi connectivity index (χ1n) is 17.3. The van der Waals surface area contributed by atoms with E-state index in [0.29, 0.717) is 49.0 Å². The molecule has 2 fully saturated rings. The van der Waals surface area contributed by atoms with Gasteiger partial charge in [0, 0.05) is 33.1 Å². The fraction of sp³-hybridized carbons (Fsp3) is 0.474. The second-order valence-corrected chi connectivity index (χ2v) is 13.8. The Balaban J connectivity index is 1.10. The molecule has 3 aliphatic heterocycles. The van der Waals surface area contributed by atoms with Crippen molar-refractivity contribution in [2.45, 2.75) is 57.5 Å². The van der Waals surface area contributed by atoms with Crippen molar-refractivity contribution < 1.29 is 23.8 Å². The Bertz CT molecular complexity index is 1700. The minimum Gasteiger partial charge on any atom is -0.494 e. The lowest BCUT2D eigenvalue weighted by Gasteiger charge is -2.37. The maximum absolute atomic E-state index is 14.0. The standard InChI is InChI=1S/C38H46N6O5/c1-25-7-11-27(12-8-25)38-31-18-33(49-23-30-6-5-15-48-30)32(47-4)16-28(31)17-36(45)44(38)35-20-39-34(19-40-35)41(2)21-26-9-13-29(14-10-26)43-22-37(46)42(3)24-43/h6-8,11-12,16,18-20,26,29,38H,5,9-10,13-15,17,21-24H2,1-4H3/t26?,29?,38-/m0/s1. The molecule has 1 saturated carbocycles. The van der Waals surface area contributed by atoms with Gasteiger partial charge in [0.25, 0.3) is 0 Å². The van der Waals surface area contributed by atoms with Gasteiger partial charge in [-0.1, -0.05) is 29.8 Å². The van der Waals surface area contributed by atoms with Gasteiger partial charge in [0.15, 0.2) is 17.3 Å². The van der Waals surface area contributed by atoms with E-state index in [1.807, 2.05) is 30.2 Å². The molecule has 1 aliphatic carbocycles. The SMILES string of the molecule is COc1cc2c(cc1OCC1=CCCO1)[C@H](c1ccc(C)cc1)N(c1cnc(N(C)CC3CCC(N4CC(=O)N(C)C4)CC3)cn1)C(=O)C2. The minimum atomic E-state index is -0.425. The zero-order valence-corrected chi connectivity index (χ0v) is 28.9. The number of rotatable bonds is 10. The molecule has 3 aromatic rings. The summed E-state index contributed by atoms with van der Waals surface area (Å²) in [6.07, 6.45) is 11.1. The number of benzene rings is 2. The summed E-state index contributed by atoms with van der Waals surface area (Å²) in [7, 11) is 5.56. The third-order valence-electron chi connectivity index (χ3n) is 10.4. The predicted octanol–water partition coefficient (Wildman–Crippen LogP) is 4.88. The number of aryl methyl sites for hydroxylation is 1. The summed E-state index contributed by atoms with van der Waals surface area (Å²) < 4.78 is 17.6. The van der Waals surface area contributed by atoms with Crippen LogP contribution in [0.25, 0.3) is 0 Å². The number of likely N-dealkylation sites (N-methyl/N-ethyl adjacent to an activating group) is 1. The smallest absolute Gasteiger partial charge is 0.237 e. The summed E-state index contributed by atoms with van der Waals surface area (Å²) in [6.45, 7) is 5.20. The molecule has 4 aliphatic rings. The van der Waals surface area contributed by atoms with Crippen LogP contribution in [0.15, 0.2) is 60.6 Å². The van der Waals surface area contributed by atoms with E-state index in [2.05, 4.69) is 48.0 Å². The molecule has 0 bridgehead atoms. The third-order valence-corrected chi connectivity index (χ3v) is 10.4. The quantitative estimate of drug-likeness (QED) is 0.300. The number of amides is 2. The van der Waals surface area contributed by atoms with Crippen molar-refractivity contribution in [3.8, 4) is 11.5 Å². The van der Waals surface area contributed by atoms with Gasteiger partial charge in [0.05, 0.1) is 51.8 Å². The largest absolute Gasteiger partial charge is 0.494 e. The van der Waals surface area contributed by atoms with E-state index in [4.69, 9.17) is 24.2 Å². The maximum Gasteiger partial charge on any atom is 0.237 e. The van der Waals surface area contributed by atoms with E-state index in [1.165, 1.54) is 0 Å². The second kappa shape index (κ2) is 14.1. The lowest BCUT2D eigenvalue weighted by atomic mass is 9.85. The Kier molecular flexibility index (Phi) is 9.44. The summed E-state index contributed by atoms with van der Waals surface area (Å²) >= 11 is 0. The number of methoxy groups -OCH3 is 1. The number of ether oxygens (including phenoxy) is 3. The molecule has 1 aromatic heterocycles. The van der Waals surface area contributed by atoms with Gasteiger partial charge < -0.3 is 24.0 Å². The molecule has 2 aromatic carbocycles. The fourth-order valence-electron chi connectivity index (χ4n) is 7.63. The third kappa shape index (κ3) is 6.94. The summed E-state index contributed by atoms with van der Waals surface area (Å²) in [5.41, 5.74) is 3.97. The average Bonchev–Trinajstić information content (AvgIpc) is 3.76. The topological polar surface area (TPSA) is 101 Å². The van der Waals surface area contributed by atoms with Gasteiger partial charge in [-0.3, -0.25) is 19.4 Å². The maximum atomic E-state index is 14.0. The van der Waals surface area contributed by atoms with Crippen molar-refractivity contribution in [2.75, 3.05) is 64.0 Å². The molecule has 1 atom stereocenters. The van der Waals surface area contributed by atoms with Crippen LogP contribution >= 0.6 is 0 Å². The lowest BCUT2D eigenvalue weighted by Crippen LogP contribution is -2.41. The summed E-state index contributed by atoms with van der Waals surface area (Å²) in [5.74, 6) is 3.98. The van der Waals surface area contributed by atoms with Gasteiger partial charge in [0.2, 0.25) is 11.8 Å². The molecule has 0 N–H and O–H groups in total. The first kappa shape index (κ1) is 32.9. The number of carbonyl (C=O) groups is 2. The van der Waals surface area contributed by atoms with Crippen LogP contribution in [0.4, 0.5) is 11.6 Å². The molecule has 4 heterocycles. The first-order chi connectivity index (χ1) is 23.8. The van der Waals surface area contributed by atoms with E-state index in [9.17, 15) is 9.59 Å². The highest BCUT2D eigenvalue weighted by molar-refractivity contribution is 5.97. The normalized spacial score (nSPS) is 22.5. The van der Waals surface area contributed by atoms with Gasteiger partial charge in [-0.15, -0.1) is 0 Å². The van der Waals surface area contributed by atoms with Gasteiger partial charge in [-0.2, -0.15) is 0 Å². The van der Waals surface area contributed by atoms with Crippen LogP contribution in [0.5, 0.6) is 11.5 Å². The molecule has 258 valence electrons. The monoisotopic (exact) mass is 666 g/mol. The molecule has 11 nitrogen and oxygen atoms in total. The van der Waals surface area contributed by atoms with Crippen molar-refractivity contribution in [1.29, 1.82) is 0 Å². The molecule has 0 spiro atoms. The molecular weight excluding hydrogens is 620 g/mol. The van der Waals surface area contributed by atoms with Crippen molar-refractivity contribution in [1.82, 2.24) is 19.8 Å². The van der Waals surface area contributed by atoms with Crippen molar-refractivity contribution in [3.63, 3.8) is 0 Å². The number of nitrogens with zero attached hydrogens (tertiary/aromatic N) is 6. The van der Waals surface area contributed by atoms with Crippen LogP contribution in [0.1, 0.15) is 60.4 Å². The van der Waals surface area contributed by atoms with E-state index in [0.717, 1.165) is 79.1 Å². The van der Waals surface area contributed by atoms with E-state index in [-0.39, 0.29) is 18.2 Å². The van der Waals surface area contributed by atoms with E-state index >= 15 is 0 Å².